The van der Waals surface area contributed by atoms with Gasteiger partial charge in [0.25, 0.3) is 0 Å². The third-order valence-electron chi connectivity index (χ3n) is 4.99. The topological polar surface area (TPSA) is 15.7 Å². The number of likely N-dealkylation sites (tertiary alicyclic amines) is 2. The van der Waals surface area contributed by atoms with Gasteiger partial charge in [-0.2, -0.15) is 0 Å². The first kappa shape index (κ1) is 14.5. The number of hydrogen-bond acceptors (Lipinski definition) is 4. The van der Waals surface area contributed by atoms with E-state index >= 15 is 0 Å². The van der Waals surface area contributed by atoms with E-state index in [2.05, 4.69) is 35.9 Å². The molecule has 0 bridgehead atoms. The Morgan fingerprint density at radius 1 is 1.40 bits per heavy atom. The summed E-state index contributed by atoms with van der Waals surface area (Å²) in [5.41, 5.74) is 0.469. The number of nitrogens with zero attached hydrogens (tertiary/aromatic N) is 2. The maximum atomic E-state index is 5.47. The minimum atomic E-state index is 0.469. The van der Waals surface area contributed by atoms with Crippen molar-refractivity contribution in [3.05, 3.63) is 21.9 Å². The number of methoxy groups -OCH3 is 1. The zero-order valence-electron chi connectivity index (χ0n) is 12.9. The predicted octanol–water partition coefficient (Wildman–Crippen LogP) is 2.46. The van der Waals surface area contributed by atoms with E-state index in [0.717, 1.165) is 13.2 Å². The molecule has 2 aliphatic rings. The minimum Gasteiger partial charge on any atom is -0.384 e. The van der Waals surface area contributed by atoms with Gasteiger partial charge < -0.3 is 9.64 Å². The third kappa shape index (κ3) is 2.80. The zero-order chi connectivity index (χ0) is 14.2. The molecule has 3 rings (SSSR count). The molecule has 2 saturated heterocycles. The molecule has 0 amide bonds. The van der Waals surface area contributed by atoms with Crippen LogP contribution in [0.2, 0.25) is 0 Å². The van der Waals surface area contributed by atoms with Crippen LogP contribution in [0.5, 0.6) is 0 Å². The van der Waals surface area contributed by atoms with Gasteiger partial charge in [0.05, 0.1) is 6.61 Å². The fraction of sp³-hybridized carbons (Fsp3) is 0.750. The van der Waals surface area contributed by atoms with Gasteiger partial charge in [0.2, 0.25) is 0 Å². The van der Waals surface area contributed by atoms with E-state index in [4.69, 9.17) is 4.74 Å². The first-order chi connectivity index (χ1) is 9.61. The second-order valence-corrected chi connectivity index (χ2v) is 8.06. The first-order valence-electron chi connectivity index (χ1n) is 7.56. The highest BCUT2D eigenvalue weighted by Crippen LogP contribution is 2.44. The molecule has 1 aromatic heterocycles. The molecular weight excluding hydrogens is 268 g/mol. The first-order valence-corrected chi connectivity index (χ1v) is 8.38. The molecule has 0 unspecified atom stereocenters. The van der Waals surface area contributed by atoms with E-state index in [-0.39, 0.29) is 0 Å². The van der Waals surface area contributed by atoms with Crippen molar-refractivity contribution in [1.29, 1.82) is 0 Å². The molecule has 2 aliphatic heterocycles. The fourth-order valence-electron chi connectivity index (χ4n) is 4.10. The Balaban J connectivity index is 1.65. The number of aryl methyl sites for hydroxylation is 1. The highest BCUT2D eigenvalue weighted by molar-refractivity contribution is 7.11. The van der Waals surface area contributed by atoms with Gasteiger partial charge in [-0.05, 0) is 39.1 Å². The van der Waals surface area contributed by atoms with Crippen molar-refractivity contribution >= 4 is 11.3 Å². The van der Waals surface area contributed by atoms with Gasteiger partial charge in [0, 0.05) is 54.4 Å². The normalized spacial score (nSPS) is 31.6. The second kappa shape index (κ2) is 5.76. The molecule has 20 heavy (non-hydrogen) atoms. The molecule has 0 N–H and O–H groups in total. The summed E-state index contributed by atoms with van der Waals surface area (Å²) in [7, 11) is 4.09. The fourth-order valence-corrected chi connectivity index (χ4v) is 5.04. The van der Waals surface area contributed by atoms with E-state index < -0.39 is 0 Å². The third-order valence-corrected chi connectivity index (χ3v) is 5.98. The Hall–Kier alpha value is -0.420. The molecule has 2 atom stereocenters. The van der Waals surface area contributed by atoms with Gasteiger partial charge in [-0.3, -0.25) is 4.90 Å². The number of rotatable bonds is 4. The van der Waals surface area contributed by atoms with E-state index in [1.54, 1.807) is 0 Å². The molecule has 0 radical (unpaired) electrons. The smallest absolute Gasteiger partial charge is 0.0509 e. The van der Waals surface area contributed by atoms with E-state index in [9.17, 15) is 0 Å². The molecule has 112 valence electrons. The average molecular weight is 294 g/mol. The van der Waals surface area contributed by atoms with Crippen molar-refractivity contribution in [2.75, 3.05) is 46.9 Å². The molecule has 3 heterocycles. The van der Waals surface area contributed by atoms with Gasteiger partial charge >= 0.3 is 0 Å². The lowest BCUT2D eigenvalue weighted by Crippen LogP contribution is -2.35. The Morgan fingerprint density at radius 3 is 2.95 bits per heavy atom. The maximum Gasteiger partial charge on any atom is 0.0509 e. The summed E-state index contributed by atoms with van der Waals surface area (Å²) in [6.45, 7) is 9.15. The van der Waals surface area contributed by atoms with Gasteiger partial charge in [-0.15, -0.1) is 11.3 Å². The Morgan fingerprint density at radius 2 is 2.25 bits per heavy atom. The van der Waals surface area contributed by atoms with E-state index in [0.29, 0.717) is 11.3 Å². The summed E-state index contributed by atoms with van der Waals surface area (Å²) in [6.07, 6.45) is 1.33. The molecule has 0 saturated carbocycles. The van der Waals surface area contributed by atoms with E-state index in [1.165, 1.54) is 42.4 Å². The summed E-state index contributed by atoms with van der Waals surface area (Å²) in [6, 6.07) is 4.53. The van der Waals surface area contributed by atoms with Crippen LogP contribution in [0.1, 0.15) is 16.2 Å². The minimum absolute atomic E-state index is 0.469. The summed E-state index contributed by atoms with van der Waals surface area (Å²) < 4.78 is 5.47. The maximum absolute atomic E-state index is 5.47. The Kier molecular flexibility index (Phi) is 4.18. The van der Waals surface area contributed by atoms with Crippen molar-refractivity contribution in [3.8, 4) is 0 Å². The summed E-state index contributed by atoms with van der Waals surface area (Å²) >= 11 is 1.94. The summed E-state index contributed by atoms with van der Waals surface area (Å²) in [4.78, 5) is 8.07. The largest absolute Gasteiger partial charge is 0.384 e. The van der Waals surface area contributed by atoms with Gasteiger partial charge in [0.15, 0.2) is 0 Å². The van der Waals surface area contributed by atoms with Crippen LogP contribution >= 0.6 is 11.3 Å². The molecule has 0 aliphatic carbocycles. The van der Waals surface area contributed by atoms with Crippen molar-refractivity contribution in [3.63, 3.8) is 0 Å². The van der Waals surface area contributed by atoms with Crippen LogP contribution in [-0.2, 0) is 11.3 Å². The average Bonchev–Trinajstić information content (AvgIpc) is 3.04. The number of thiophene rings is 1. The quantitative estimate of drug-likeness (QED) is 0.848. The lowest BCUT2D eigenvalue weighted by Gasteiger charge is -2.30. The van der Waals surface area contributed by atoms with Crippen molar-refractivity contribution in [2.24, 2.45) is 11.3 Å². The van der Waals surface area contributed by atoms with Gasteiger partial charge in [-0.25, -0.2) is 0 Å². The van der Waals surface area contributed by atoms with Crippen LogP contribution in [-0.4, -0.2) is 56.7 Å². The van der Waals surface area contributed by atoms with Crippen molar-refractivity contribution in [2.45, 2.75) is 19.9 Å². The Labute approximate surface area is 126 Å². The monoisotopic (exact) mass is 294 g/mol. The van der Waals surface area contributed by atoms with Gasteiger partial charge in [0.1, 0.15) is 0 Å². The predicted molar refractivity (Wildman–Crippen MR) is 84.2 cm³/mol. The molecule has 1 aromatic rings. The van der Waals surface area contributed by atoms with Crippen LogP contribution in [0, 0.1) is 18.3 Å². The second-order valence-electron chi connectivity index (χ2n) is 6.68. The molecular formula is C16H26N2OS. The van der Waals surface area contributed by atoms with Crippen LogP contribution in [0.15, 0.2) is 12.1 Å². The standard InChI is InChI=1S/C16H26N2OS/c1-13-4-5-15(20-13)9-18-7-6-16(12-18)11-17(2)8-14(16)10-19-3/h4-5,14H,6-12H2,1-3H3/t14-,16-/m0/s1. The van der Waals surface area contributed by atoms with Crippen LogP contribution in [0.4, 0.5) is 0 Å². The summed E-state index contributed by atoms with van der Waals surface area (Å²) in [5.74, 6) is 0.701. The number of ether oxygens (including phenoxy) is 1. The summed E-state index contributed by atoms with van der Waals surface area (Å²) in [5, 5.41) is 0. The highest BCUT2D eigenvalue weighted by atomic mass is 32.1. The molecule has 2 fully saturated rings. The molecule has 3 nitrogen and oxygen atoms in total. The van der Waals surface area contributed by atoms with Crippen molar-refractivity contribution < 1.29 is 4.74 Å². The van der Waals surface area contributed by atoms with Crippen LogP contribution in [0.25, 0.3) is 0 Å². The SMILES string of the molecule is COC[C@@H]1CN(C)C[C@]12CCN(Cc1ccc(C)s1)C2. The van der Waals surface area contributed by atoms with Gasteiger partial charge in [-0.1, -0.05) is 0 Å². The lowest BCUT2D eigenvalue weighted by atomic mass is 9.78. The van der Waals surface area contributed by atoms with E-state index in [1.807, 2.05) is 18.4 Å². The molecule has 1 spiro atoms. The van der Waals surface area contributed by atoms with Crippen LogP contribution < -0.4 is 0 Å². The van der Waals surface area contributed by atoms with Crippen LogP contribution in [0.3, 0.4) is 0 Å². The molecule has 4 heteroatoms. The number of hydrogen-bond donors (Lipinski definition) is 0. The Bertz CT molecular complexity index is 461. The molecule has 0 aromatic carbocycles. The highest BCUT2D eigenvalue weighted by Gasteiger charge is 2.49. The van der Waals surface area contributed by atoms with Crippen molar-refractivity contribution in [1.82, 2.24) is 9.80 Å². The lowest BCUT2D eigenvalue weighted by molar-refractivity contribution is 0.0959. The zero-order valence-corrected chi connectivity index (χ0v) is 13.7.